The number of thioether (sulfide) groups is 1. The van der Waals surface area contributed by atoms with Crippen molar-refractivity contribution in [2.75, 3.05) is 24.7 Å². The molecule has 0 unspecified atom stereocenters. The summed E-state index contributed by atoms with van der Waals surface area (Å²) in [7, 11) is 0. The summed E-state index contributed by atoms with van der Waals surface area (Å²) in [6.45, 7) is 0.510. The van der Waals surface area contributed by atoms with E-state index in [-0.39, 0.29) is 30.5 Å². The maximum absolute atomic E-state index is 13.2. The first-order valence-corrected chi connectivity index (χ1v) is 8.90. The third-order valence-corrected chi connectivity index (χ3v) is 4.87. The second kappa shape index (κ2) is 7.23. The van der Waals surface area contributed by atoms with Crippen LogP contribution in [0.1, 0.15) is 10.4 Å². The van der Waals surface area contributed by atoms with Gasteiger partial charge in [0.2, 0.25) is 5.91 Å². The normalized spacial score (nSPS) is 14.1. The zero-order valence-electron chi connectivity index (χ0n) is 13.5. The van der Waals surface area contributed by atoms with Crippen molar-refractivity contribution in [3.8, 4) is 0 Å². The van der Waals surface area contributed by atoms with Gasteiger partial charge in [-0.1, -0.05) is 12.1 Å². The Hall–Kier alpha value is -2.41. The van der Waals surface area contributed by atoms with Gasteiger partial charge in [0.1, 0.15) is 0 Å². The summed E-state index contributed by atoms with van der Waals surface area (Å²) in [5.74, 6) is -2.94. The van der Waals surface area contributed by atoms with Crippen LogP contribution in [0.25, 0.3) is 0 Å². The molecule has 25 heavy (non-hydrogen) atoms. The van der Waals surface area contributed by atoms with Gasteiger partial charge in [-0.25, -0.2) is 8.78 Å². The zero-order valence-corrected chi connectivity index (χ0v) is 14.3. The van der Waals surface area contributed by atoms with Crippen molar-refractivity contribution in [1.29, 1.82) is 0 Å². The van der Waals surface area contributed by atoms with Gasteiger partial charge in [-0.3, -0.25) is 9.59 Å². The van der Waals surface area contributed by atoms with Crippen LogP contribution in [-0.4, -0.2) is 36.1 Å². The van der Waals surface area contributed by atoms with Crippen molar-refractivity contribution < 1.29 is 18.4 Å². The lowest BCUT2D eigenvalue weighted by Gasteiger charge is -2.38. The molecule has 1 N–H and O–H groups in total. The highest BCUT2D eigenvalue weighted by Gasteiger charge is 2.36. The van der Waals surface area contributed by atoms with E-state index in [4.69, 9.17) is 0 Å². The maximum atomic E-state index is 13.2. The molecule has 1 aliphatic rings. The molecule has 3 rings (SSSR count). The third-order valence-electron chi connectivity index (χ3n) is 4.07. The molecule has 130 valence electrons. The second-order valence-corrected chi connectivity index (χ2v) is 6.57. The molecule has 2 aromatic rings. The second-order valence-electron chi connectivity index (χ2n) is 5.73. The highest BCUT2D eigenvalue weighted by molar-refractivity contribution is 7.98. The van der Waals surface area contributed by atoms with Crippen molar-refractivity contribution in [3.05, 3.63) is 59.7 Å². The fraction of sp³-hybridized carbons (Fsp3) is 0.222. The van der Waals surface area contributed by atoms with Gasteiger partial charge in [0.15, 0.2) is 11.6 Å². The van der Waals surface area contributed by atoms with Gasteiger partial charge in [-0.2, -0.15) is 0 Å². The lowest BCUT2D eigenvalue weighted by atomic mass is 9.97. The summed E-state index contributed by atoms with van der Waals surface area (Å²) in [5.41, 5.74) is 0.816. The third kappa shape index (κ3) is 3.66. The first-order chi connectivity index (χ1) is 12.0. The van der Waals surface area contributed by atoms with Crippen LogP contribution in [0.2, 0.25) is 0 Å². The molecule has 7 heteroatoms. The lowest BCUT2D eigenvalue weighted by Crippen LogP contribution is -2.54. The SMILES string of the molecule is CSc1ccccc1NC(=O)C1CN(C(=O)c2ccc(F)c(F)c2)C1. The highest BCUT2D eigenvalue weighted by Crippen LogP contribution is 2.27. The quantitative estimate of drug-likeness (QED) is 0.848. The minimum atomic E-state index is -1.06. The summed E-state index contributed by atoms with van der Waals surface area (Å²) in [6.07, 6.45) is 1.93. The minimum absolute atomic E-state index is 0.0745. The van der Waals surface area contributed by atoms with E-state index in [0.29, 0.717) is 0 Å². The molecule has 0 bridgehead atoms. The number of carbonyl (C=O) groups excluding carboxylic acids is 2. The maximum Gasteiger partial charge on any atom is 0.254 e. The molecule has 1 fully saturated rings. The molecule has 1 heterocycles. The van der Waals surface area contributed by atoms with Crippen molar-refractivity contribution >= 4 is 29.3 Å². The number of amides is 2. The van der Waals surface area contributed by atoms with E-state index in [1.165, 1.54) is 22.7 Å². The average Bonchev–Trinajstić information content (AvgIpc) is 2.56. The Kier molecular flexibility index (Phi) is 5.03. The molecule has 0 spiro atoms. The number of para-hydroxylation sites is 1. The Balaban J connectivity index is 1.59. The van der Waals surface area contributed by atoms with Crippen LogP contribution in [-0.2, 0) is 4.79 Å². The van der Waals surface area contributed by atoms with Crippen LogP contribution in [0.4, 0.5) is 14.5 Å². The Bertz CT molecular complexity index is 822. The van der Waals surface area contributed by atoms with Crippen molar-refractivity contribution in [2.45, 2.75) is 4.90 Å². The van der Waals surface area contributed by atoms with Crippen LogP contribution in [0, 0.1) is 17.6 Å². The molecular formula is C18H16F2N2O2S. The molecule has 0 radical (unpaired) electrons. The summed E-state index contributed by atoms with van der Waals surface area (Å²) in [6, 6.07) is 10.5. The molecule has 0 saturated carbocycles. The monoisotopic (exact) mass is 362 g/mol. The molecule has 2 aromatic carbocycles. The number of anilines is 1. The summed E-state index contributed by atoms with van der Waals surface area (Å²) >= 11 is 1.53. The van der Waals surface area contributed by atoms with Gasteiger partial charge in [0, 0.05) is 23.5 Å². The van der Waals surface area contributed by atoms with Crippen molar-refractivity contribution in [3.63, 3.8) is 0 Å². The van der Waals surface area contributed by atoms with Crippen LogP contribution in [0.5, 0.6) is 0 Å². The largest absolute Gasteiger partial charge is 0.337 e. The summed E-state index contributed by atoms with van der Waals surface area (Å²) < 4.78 is 26.2. The van der Waals surface area contributed by atoms with E-state index >= 15 is 0 Å². The predicted octanol–water partition coefficient (Wildman–Crippen LogP) is 3.40. The van der Waals surface area contributed by atoms with Gasteiger partial charge >= 0.3 is 0 Å². The first kappa shape index (κ1) is 17.4. The standard InChI is InChI=1S/C18H16F2N2O2S/c1-25-16-5-3-2-4-15(16)21-17(23)12-9-22(10-12)18(24)11-6-7-13(19)14(20)8-11/h2-8,12H,9-10H2,1H3,(H,21,23). The molecular weight excluding hydrogens is 346 g/mol. The van der Waals surface area contributed by atoms with Crippen LogP contribution >= 0.6 is 11.8 Å². The van der Waals surface area contributed by atoms with E-state index in [1.807, 2.05) is 30.5 Å². The number of benzene rings is 2. The van der Waals surface area contributed by atoms with Crippen LogP contribution in [0.3, 0.4) is 0 Å². The van der Waals surface area contributed by atoms with E-state index in [1.54, 1.807) is 0 Å². The fourth-order valence-corrected chi connectivity index (χ4v) is 3.16. The molecule has 0 aliphatic carbocycles. The number of carbonyl (C=O) groups is 2. The zero-order chi connectivity index (χ0) is 18.0. The van der Waals surface area contributed by atoms with E-state index in [0.717, 1.165) is 22.7 Å². The smallest absolute Gasteiger partial charge is 0.254 e. The minimum Gasteiger partial charge on any atom is -0.337 e. The molecule has 2 amide bonds. The number of nitrogens with one attached hydrogen (secondary N) is 1. The predicted molar refractivity (Wildman–Crippen MR) is 92.6 cm³/mol. The van der Waals surface area contributed by atoms with Crippen molar-refractivity contribution in [2.24, 2.45) is 5.92 Å². The summed E-state index contributed by atoms with van der Waals surface area (Å²) in [5, 5.41) is 2.87. The highest BCUT2D eigenvalue weighted by atomic mass is 32.2. The number of nitrogens with zero attached hydrogens (tertiary/aromatic N) is 1. The number of hydrogen-bond acceptors (Lipinski definition) is 3. The van der Waals surface area contributed by atoms with E-state index in [9.17, 15) is 18.4 Å². The molecule has 0 atom stereocenters. The number of halogens is 2. The average molecular weight is 362 g/mol. The van der Waals surface area contributed by atoms with Gasteiger partial charge in [-0.15, -0.1) is 11.8 Å². The van der Waals surface area contributed by atoms with Crippen molar-refractivity contribution in [1.82, 2.24) is 4.90 Å². The Morgan fingerprint density at radius 3 is 2.52 bits per heavy atom. The van der Waals surface area contributed by atoms with Gasteiger partial charge < -0.3 is 10.2 Å². The molecule has 0 aromatic heterocycles. The van der Waals surface area contributed by atoms with E-state index in [2.05, 4.69) is 5.32 Å². The lowest BCUT2D eigenvalue weighted by molar-refractivity contribution is -0.123. The Morgan fingerprint density at radius 1 is 1.12 bits per heavy atom. The number of hydrogen-bond donors (Lipinski definition) is 1. The molecule has 4 nitrogen and oxygen atoms in total. The van der Waals surface area contributed by atoms with Gasteiger partial charge in [0.05, 0.1) is 11.6 Å². The summed E-state index contributed by atoms with van der Waals surface area (Å²) in [4.78, 5) is 26.9. The van der Waals surface area contributed by atoms with Gasteiger partial charge in [-0.05, 0) is 36.6 Å². The fourth-order valence-electron chi connectivity index (χ4n) is 2.60. The van der Waals surface area contributed by atoms with Crippen LogP contribution in [0.15, 0.2) is 47.4 Å². The molecule has 1 aliphatic heterocycles. The topological polar surface area (TPSA) is 49.4 Å². The molecule has 1 saturated heterocycles. The first-order valence-electron chi connectivity index (χ1n) is 7.68. The van der Waals surface area contributed by atoms with Gasteiger partial charge in [0.25, 0.3) is 5.91 Å². The number of likely N-dealkylation sites (tertiary alicyclic amines) is 1. The van der Waals surface area contributed by atoms with Crippen LogP contribution < -0.4 is 5.32 Å². The number of rotatable bonds is 4. The van der Waals surface area contributed by atoms with E-state index < -0.39 is 17.5 Å². The Labute approximate surface area is 148 Å². The Morgan fingerprint density at radius 2 is 1.84 bits per heavy atom.